The summed E-state index contributed by atoms with van der Waals surface area (Å²) in [5.74, 6) is -2.17. The number of carboxylic acids is 1. The maximum Gasteiger partial charge on any atom is 0.306 e. The summed E-state index contributed by atoms with van der Waals surface area (Å²) in [7, 11) is 0. The van der Waals surface area contributed by atoms with Gasteiger partial charge in [-0.05, 0) is 31.1 Å². The lowest BCUT2D eigenvalue weighted by atomic mass is 9.50. The third kappa shape index (κ3) is 0.948. The minimum Gasteiger partial charge on any atom is -0.481 e. The molecule has 2 saturated carbocycles. The predicted molar refractivity (Wildman–Crippen MR) is 40.0 cm³/mol. The quantitative estimate of drug-likeness (QED) is 0.584. The molecule has 0 aromatic heterocycles. The average Bonchev–Trinajstić information content (AvgIpc) is 1.80. The SMILES string of the molecule is [2H]C1(C(=O)O)CC2(CC(N)C2)C1. The van der Waals surface area contributed by atoms with Crippen molar-refractivity contribution in [2.45, 2.75) is 31.7 Å². The van der Waals surface area contributed by atoms with Crippen LogP contribution in [0.3, 0.4) is 0 Å². The summed E-state index contributed by atoms with van der Waals surface area (Å²) in [5.41, 5.74) is 5.76. The number of aliphatic carboxylic acids is 1. The van der Waals surface area contributed by atoms with Crippen LogP contribution in [-0.4, -0.2) is 17.1 Å². The van der Waals surface area contributed by atoms with Gasteiger partial charge in [0, 0.05) is 7.41 Å². The van der Waals surface area contributed by atoms with Gasteiger partial charge in [0.25, 0.3) is 0 Å². The van der Waals surface area contributed by atoms with Gasteiger partial charge in [0.15, 0.2) is 0 Å². The van der Waals surface area contributed by atoms with E-state index in [9.17, 15) is 4.79 Å². The second-order valence-corrected chi connectivity index (χ2v) is 3.93. The fourth-order valence-corrected chi connectivity index (χ4v) is 2.35. The molecule has 0 aliphatic heterocycles. The van der Waals surface area contributed by atoms with Gasteiger partial charge in [-0.15, -0.1) is 0 Å². The van der Waals surface area contributed by atoms with E-state index in [4.69, 9.17) is 12.2 Å². The lowest BCUT2D eigenvalue weighted by molar-refractivity contribution is -0.155. The molecule has 0 heterocycles. The van der Waals surface area contributed by atoms with Crippen LogP contribution in [0.1, 0.15) is 27.1 Å². The predicted octanol–water partition coefficient (Wildman–Crippen LogP) is 0.589. The average molecular weight is 156 g/mol. The van der Waals surface area contributed by atoms with Crippen LogP contribution in [0, 0.1) is 11.3 Å². The zero-order chi connectivity index (χ0) is 8.98. The molecule has 1 spiro atoms. The van der Waals surface area contributed by atoms with E-state index in [1.54, 1.807) is 0 Å². The number of carbonyl (C=O) groups is 1. The van der Waals surface area contributed by atoms with E-state index >= 15 is 0 Å². The maximum absolute atomic E-state index is 10.6. The molecule has 0 saturated heterocycles. The van der Waals surface area contributed by atoms with Crippen molar-refractivity contribution in [3.63, 3.8) is 0 Å². The second-order valence-electron chi connectivity index (χ2n) is 3.93. The Hall–Kier alpha value is -0.570. The molecule has 3 nitrogen and oxygen atoms in total. The number of hydrogen-bond donors (Lipinski definition) is 2. The molecule has 0 aromatic rings. The van der Waals surface area contributed by atoms with Crippen molar-refractivity contribution in [2.75, 3.05) is 0 Å². The van der Waals surface area contributed by atoms with Crippen molar-refractivity contribution in [3.05, 3.63) is 0 Å². The van der Waals surface area contributed by atoms with Gasteiger partial charge in [-0.3, -0.25) is 4.79 Å². The maximum atomic E-state index is 10.6. The molecule has 0 amide bonds. The van der Waals surface area contributed by atoms with Gasteiger partial charge in [-0.2, -0.15) is 0 Å². The summed E-state index contributed by atoms with van der Waals surface area (Å²) in [5, 5.41) is 8.69. The van der Waals surface area contributed by atoms with Crippen LogP contribution in [0.4, 0.5) is 0 Å². The van der Waals surface area contributed by atoms with Crippen molar-refractivity contribution in [1.82, 2.24) is 0 Å². The normalized spacial score (nSPS) is 56.1. The molecule has 62 valence electrons. The van der Waals surface area contributed by atoms with E-state index in [-0.39, 0.29) is 11.5 Å². The summed E-state index contributed by atoms with van der Waals surface area (Å²) in [6.07, 6.45) is 2.84. The Labute approximate surface area is 67.0 Å². The monoisotopic (exact) mass is 156 g/mol. The van der Waals surface area contributed by atoms with Crippen molar-refractivity contribution in [2.24, 2.45) is 17.0 Å². The third-order valence-corrected chi connectivity index (χ3v) is 2.87. The smallest absolute Gasteiger partial charge is 0.306 e. The molecule has 0 aromatic carbocycles. The van der Waals surface area contributed by atoms with Gasteiger partial charge in [0.2, 0.25) is 0 Å². The fourth-order valence-electron chi connectivity index (χ4n) is 2.35. The van der Waals surface area contributed by atoms with Gasteiger partial charge in [0.1, 0.15) is 0 Å². The lowest BCUT2D eigenvalue weighted by Gasteiger charge is -2.55. The molecule has 3 heteroatoms. The zero-order valence-electron chi connectivity index (χ0n) is 7.34. The Morgan fingerprint density at radius 3 is 2.45 bits per heavy atom. The number of nitrogens with two attached hydrogens (primary N) is 1. The van der Waals surface area contributed by atoms with Gasteiger partial charge < -0.3 is 10.8 Å². The minimum atomic E-state index is -1.19. The van der Waals surface area contributed by atoms with Crippen LogP contribution >= 0.6 is 0 Å². The van der Waals surface area contributed by atoms with Crippen LogP contribution in [0.5, 0.6) is 0 Å². The molecule has 2 rings (SSSR count). The standard InChI is InChI=1S/C8H13NO2/c9-6-3-8(4-6)1-5(2-8)7(10)11/h5-6H,1-4,9H2,(H,10,11)/i5D. The Kier molecular flexibility index (Phi) is 1.08. The number of hydrogen-bond acceptors (Lipinski definition) is 2. The molecule has 2 fully saturated rings. The number of carboxylic acid groups (broad SMARTS) is 1. The Balaban J connectivity index is 1.95. The fraction of sp³-hybridized carbons (Fsp3) is 0.875. The highest BCUT2D eigenvalue weighted by molar-refractivity contribution is 5.71. The molecule has 3 N–H and O–H groups in total. The zero-order valence-corrected chi connectivity index (χ0v) is 6.34. The summed E-state index contributed by atoms with van der Waals surface area (Å²) in [4.78, 5) is 10.6. The highest BCUT2D eigenvalue weighted by Gasteiger charge is 2.53. The first kappa shape index (κ1) is 6.00. The molecule has 0 radical (unpaired) electrons. The number of rotatable bonds is 1. The van der Waals surface area contributed by atoms with Crippen LogP contribution in [0.15, 0.2) is 0 Å². The summed E-state index contributed by atoms with van der Waals surface area (Å²) in [6, 6.07) is 0.253. The van der Waals surface area contributed by atoms with Gasteiger partial charge in [-0.25, -0.2) is 0 Å². The molecular weight excluding hydrogens is 142 g/mol. The first-order valence-electron chi connectivity index (χ1n) is 4.45. The third-order valence-electron chi connectivity index (χ3n) is 2.87. The summed E-state index contributed by atoms with van der Waals surface area (Å²) in [6.45, 7) is 0. The van der Waals surface area contributed by atoms with Crippen LogP contribution < -0.4 is 5.73 Å². The van der Waals surface area contributed by atoms with Gasteiger partial charge in [0.05, 0.1) is 5.89 Å². The molecule has 2 aliphatic carbocycles. The molecule has 0 unspecified atom stereocenters. The molecular formula is C8H13NO2. The summed E-state index contributed by atoms with van der Waals surface area (Å²) >= 11 is 0. The Bertz CT molecular complexity index is 227. The van der Waals surface area contributed by atoms with Crippen LogP contribution in [0.25, 0.3) is 0 Å². The first-order chi connectivity index (χ1) is 5.46. The van der Waals surface area contributed by atoms with E-state index in [1.165, 1.54) is 0 Å². The molecule has 11 heavy (non-hydrogen) atoms. The van der Waals surface area contributed by atoms with Crippen LogP contribution in [-0.2, 0) is 4.79 Å². The van der Waals surface area contributed by atoms with Crippen molar-refractivity contribution < 1.29 is 11.3 Å². The lowest BCUT2D eigenvalue weighted by Crippen LogP contribution is -2.54. The Morgan fingerprint density at radius 2 is 2.09 bits per heavy atom. The van der Waals surface area contributed by atoms with Crippen molar-refractivity contribution in [1.29, 1.82) is 0 Å². The van der Waals surface area contributed by atoms with E-state index in [2.05, 4.69) is 0 Å². The molecule has 0 bridgehead atoms. The first-order valence-corrected chi connectivity index (χ1v) is 3.95. The largest absolute Gasteiger partial charge is 0.481 e. The summed E-state index contributed by atoms with van der Waals surface area (Å²) < 4.78 is 7.53. The van der Waals surface area contributed by atoms with E-state index in [1.807, 2.05) is 0 Å². The topological polar surface area (TPSA) is 63.3 Å². The van der Waals surface area contributed by atoms with Crippen molar-refractivity contribution in [3.8, 4) is 0 Å². The minimum absolute atomic E-state index is 0.138. The molecule has 2 aliphatic rings. The highest BCUT2D eigenvalue weighted by atomic mass is 16.4. The van der Waals surface area contributed by atoms with Crippen LogP contribution in [0.2, 0.25) is 0 Å². The Morgan fingerprint density at radius 1 is 1.55 bits per heavy atom. The van der Waals surface area contributed by atoms with E-state index < -0.39 is 11.9 Å². The van der Waals surface area contributed by atoms with Gasteiger partial charge in [-0.1, -0.05) is 0 Å². The van der Waals surface area contributed by atoms with E-state index in [0.717, 1.165) is 12.8 Å². The highest BCUT2D eigenvalue weighted by Crippen LogP contribution is 2.58. The second kappa shape index (κ2) is 1.97. The van der Waals surface area contributed by atoms with E-state index in [0.29, 0.717) is 12.8 Å². The molecule has 0 atom stereocenters. The van der Waals surface area contributed by atoms with Crippen molar-refractivity contribution >= 4 is 5.97 Å². The van der Waals surface area contributed by atoms with Gasteiger partial charge >= 0.3 is 5.97 Å².